The molecular formula is C26H26FNO9. The minimum atomic E-state index is -2.04. The number of hydrogen-bond donors (Lipinski definition) is 5. The zero-order chi connectivity index (χ0) is 27.0. The molecule has 196 valence electrons. The molecule has 0 spiro atoms. The van der Waals surface area contributed by atoms with Gasteiger partial charge in [0.15, 0.2) is 23.6 Å². The SMILES string of the molecule is CC(=O)[C@]1(O)Cc2c(O)c3c(c(O)c2[C@@H](O[C@H]2C[C@H](N)[C@H](O)[C@H](C)O2)C1)C(=O)c1ccc(F)cc1C3=O. The highest BCUT2D eigenvalue weighted by molar-refractivity contribution is 6.30. The summed E-state index contributed by atoms with van der Waals surface area (Å²) >= 11 is 0. The third kappa shape index (κ3) is 3.85. The van der Waals surface area contributed by atoms with Gasteiger partial charge >= 0.3 is 0 Å². The average molecular weight is 515 g/mol. The molecule has 0 unspecified atom stereocenters. The van der Waals surface area contributed by atoms with Crippen LogP contribution in [0.2, 0.25) is 0 Å². The van der Waals surface area contributed by atoms with Gasteiger partial charge in [-0.3, -0.25) is 14.4 Å². The molecule has 11 heteroatoms. The summed E-state index contributed by atoms with van der Waals surface area (Å²) in [5.74, 6) is -4.48. The minimum absolute atomic E-state index is 0.0455. The van der Waals surface area contributed by atoms with Gasteiger partial charge in [0.25, 0.3) is 0 Å². The Morgan fingerprint density at radius 3 is 2.46 bits per heavy atom. The molecule has 2 aliphatic carbocycles. The maximum atomic E-state index is 13.9. The second-order valence-electron chi connectivity index (χ2n) is 9.94. The molecule has 37 heavy (non-hydrogen) atoms. The van der Waals surface area contributed by atoms with E-state index in [0.717, 1.165) is 25.1 Å². The topological polar surface area (TPSA) is 177 Å². The summed E-state index contributed by atoms with van der Waals surface area (Å²) < 4.78 is 25.6. The third-order valence-corrected chi connectivity index (χ3v) is 7.55. The van der Waals surface area contributed by atoms with Gasteiger partial charge in [-0.2, -0.15) is 0 Å². The third-order valence-electron chi connectivity index (χ3n) is 7.55. The Hall–Kier alpha value is -3.22. The molecule has 2 aromatic rings. The molecule has 1 heterocycles. The number of rotatable bonds is 3. The van der Waals surface area contributed by atoms with Crippen molar-refractivity contribution in [3.63, 3.8) is 0 Å². The quantitative estimate of drug-likeness (QED) is 0.318. The van der Waals surface area contributed by atoms with Gasteiger partial charge in [0.1, 0.15) is 22.9 Å². The Morgan fingerprint density at radius 1 is 1.16 bits per heavy atom. The summed E-state index contributed by atoms with van der Waals surface area (Å²) in [6.45, 7) is 2.74. The van der Waals surface area contributed by atoms with E-state index in [9.17, 15) is 39.2 Å². The standard InChI is InChI=1S/C26H26FNO9/c1-9-21(30)15(28)6-17(36-9)37-16-8-26(35,10(2)29)7-14-18(16)25(34)20-19(24(14)33)23(32)13-5-11(27)3-4-12(13)22(20)31/h3-5,9,15-17,21,30,33-35H,6-8,28H2,1-2H3/t9-,15-,16-,17-,21+,26-/m0/s1. The number of ketones is 3. The molecule has 0 aromatic heterocycles. The molecule has 3 aliphatic rings. The zero-order valence-corrected chi connectivity index (χ0v) is 20.0. The predicted molar refractivity (Wildman–Crippen MR) is 124 cm³/mol. The first kappa shape index (κ1) is 25.4. The van der Waals surface area contributed by atoms with Crippen LogP contribution in [0.1, 0.15) is 75.8 Å². The number of fused-ring (bicyclic) bond motifs is 3. The second kappa shape index (κ2) is 8.67. The van der Waals surface area contributed by atoms with E-state index in [4.69, 9.17) is 15.2 Å². The average Bonchev–Trinajstić information content (AvgIpc) is 2.82. The van der Waals surface area contributed by atoms with Crippen LogP contribution in [-0.4, -0.2) is 67.9 Å². The number of hydrogen-bond acceptors (Lipinski definition) is 10. The zero-order valence-electron chi connectivity index (χ0n) is 20.0. The Labute approximate surface area is 210 Å². The van der Waals surface area contributed by atoms with Crippen molar-refractivity contribution >= 4 is 17.3 Å². The van der Waals surface area contributed by atoms with Crippen molar-refractivity contribution in [3.05, 3.63) is 57.4 Å². The molecule has 0 amide bonds. The lowest BCUT2D eigenvalue weighted by molar-refractivity contribution is -0.247. The Bertz CT molecular complexity index is 1350. The fourth-order valence-corrected chi connectivity index (χ4v) is 5.45. The van der Waals surface area contributed by atoms with E-state index in [1.54, 1.807) is 6.92 Å². The molecule has 2 aromatic carbocycles. The fourth-order valence-electron chi connectivity index (χ4n) is 5.45. The van der Waals surface area contributed by atoms with Crippen LogP contribution in [0.25, 0.3) is 0 Å². The monoisotopic (exact) mass is 515 g/mol. The summed E-state index contributed by atoms with van der Waals surface area (Å²) in [7, 11) is 0. The summed E-state index contributed by atoms with van der Waals surface area (Å²) in [5.41, 5.74) is 2.26. The van der Waals surface area contributed by atoms with Crippen LogP contribution in [0.4, 0.5) is 4.39 Å². The highest BCUT2D eigenvalue weighted by Gasteiger charge is 2.49. The summed E-state index contributed by atoms with van der Waals surface area (Å²) in [4.78, 5) is 39.0. The first-order valence-corrected chi connectivity index (χ1v) is 11.8. The molecule has 1 fully saturated rings. The Morgan fingerprint density at radius 2 is 1.81 bits per heavy atom. The molecule has 1 saturated heterocycles. The lowest BCUT2D eigenvalue weighted by Gasteiger charge is -2.42. The molecule has 0 bridgehead atoms. The van der Waals surface area contributed by atoms with Crippen LogP contribution in [0.3, 0.4) is 0 Å². The molecule has 6 atom stereocenters. The van der Waals surface area contributed by atoms with Gasteiger partial charge in [0.2, 0.25) is 0 Å². The van der Waals surface area contributed by atoms with E-state index in [1.807, 2.05) is 0 Å². The van der Waals surface area contributed by atoms with Crippen molar-refractivity contribution < 1.29 is 48.7 Å². The van der Waals surface area contributed by atoms with Crippen molar-refractivity contribution in [1.82, 2.24) is 0 Å². The van der Waals surface area contributed by atoms with Gasteiger partial charge in [-0.05, 0) is 32.0 Å². The van der Waals surface area contributed by atoms with Crippen LogP contribution in [-0.2, 0) is 20.7 Å². The van der Waals surface area contributed by atoms with Crippen LogP contribution >= 0.6 is 0 Å². The maximum absolute atomic E-state index is 13.9. The first-order valence-electron chi connectivity index (χ1n) is 11.8. The molecule has 1 aliphatic heterocycles. The van der Waals surface area contributed by atoms with Gasteiger partial charge in [-0.25, -0.2) is 4.39 Å². The van der Waals surface area contributed by atoms with E-state index in [1.165, 1.54) is 0 Å². The van der Waals surface area contributed by atoms with Crippen LogP contribution < -0.4 is 5.73 Å². The number of phenols is 2. The van der Waals surface area contributed by atoms with Gasteiger partial charge in [0, 0.05) is 47.6 Å². The summed E-state index contributed by atoms with van der Waals surface area (Å²) in [5, 5.41) is 43.8. The smallest absolute Gasteiger partial charge is 0.198 e. The minimum Gasteiger partial charge on any atom is -0.507 e. The number of halogens is 1. The summed E-state index contributed by atoms with van der Waals surface area (Å²) in [6, 6.07) is 2.29. The van der Waals surface area contributed by atoms with Crippen molar-refractivity contribution in [3.8, 4) is 11.5 Å². The number of nitrogens with two attached hydrogens (primary N) is 1. The van der Waals surface area contributed by atoms with E-state index in [2.05, 4.69) is 0 Å². The number of aliphatic hydroxyl groups excluding tert-OH is 1. The molecule has 0 radical (unpaired) electrons. The van der Waals surface area contributed by atoms with Gasteiger partial charge in [-0.1, -0.05) is 0 Å². The number of aliphatic hydroxyl groups is 2. The van der Waals surface area contributed by atoms with Gasteiger partial charge < -0.3 is 35.6 Å². The molecule has 5 rings (SSSR count). The van der Waals surface area contributed by atoms with E-state index >= 15 is 0 Å². The number of aromatic hydroxyl groups is 2. The van der Waals surface area contributed by atoms with Crippen LogP contribution in [0.5, 0.6) is 11.5 Å². The van der Waals surface area contributed by atoms with E-state index in [0.29, 0.717) is 0 Å². The lowest BCUT2D eigenvalue weighted by atomic mass is 9.72. The van der Waals surface area contributed by atoms with Gasteiger partial charge in [-0.15, -0.1) is 0 Å². The highest BCUT2D eigenvalue weighted by Crippen LogP contribution is 2.52. The molecular weight excluding hydrogens is 489 g/mol. The Balaban J connectivity index is 1.67. The number of ether oxygens (including phenoxy) is 2. The fraction of sp³-hybridized carbons (Fsp3) is 0.423. The van der Waals surface area contributed by atoms with Crippen molar-refractivity contribution in [1.29, 1.82) is 0 Å². The number of phenolic OH excluding ortho intramolecular Hbond substituents is 2. The first-order chi connectivity index (χ1) is 17.3. The van der Waals surface area contributed by atoms with Crippen molar-refractivity contribution in [2.24, 2.45) is 5.73 Å². The van der Waals surface area contributed by atoms with E-state index in [-0.39, 0.29) is 35.1 Å². The highest BCUT2D eigenvalue weighted by atomic mass is 19.1. The Kier molecular flexibility index (Phi) is 5.96. The molecule has 0 saturated carbocycles. The lowest BCUT2D eigenvalue weighted by Crippen LogP contribution is -2.52. The second-order valence-corrected chi connectivity index (χ2v) is 9.94. The molecule has 10 nitrogen and oxygen atoms in total. The number of carbonyl (C=O) groups excluding carboxylic acids is 3. The van der Waals surface area contributed by atoms with E-state index < -0.39 is 88.5 Å². The number of Topliss-reactive ketones (excluding diaryl/α,β-unsaturated/α-hetero) is 1. The van der Waals surface area contributed by atoms with Crippen molar-refractivity contribution in [2.45, 2.75) is 69.4 Å². The van der Waals surface area contributed by atoms with Crippen LogP contribution in [0, 0.1) is 5.82 Å². The normalized spacial score (nSPS) is 30.9. The molecule has 6 N–H and O–H groups in total. The predicted octanol–water partition coefficient (Wildman–Crippen LogP) is 1.16. The summed E-state index contributed by atoms with van der Waals surface area (Å²) in [6.07, 6.45) is -4.70. The number of benzene rings is 2. The van der Waals surface area contributed by atoms with Crippen LogP contribution in [0.15, 0.2) is 18.2 Å². The van der Waals surface area contributed by atoms with Crippen molar-refractivity contribution in [2.75, 3.05) is 0 Å². The number of carbonyl (C=O) groups is 3. The maximum Gasteiger partial charge on any atom is 0.198 e. The largest absolute Gasteiger partial charge is 0.507 e. The van der Waals surface area contributed by atoms with Gasteiger partial charge in [0.05, 0.1) is 29.4 Å².